The third kappa shape index (κ3) is 3.10. The molecule has 0 heteroatoms. The van der Waals surface area contributed by atoms with Gasteiger partial charge in [-0.05, 0) is 36.0 Å². The minimum absolute atomic E-state index is 0.553. The molecule has 0 radical (unpaired) electrons. The Bertz CT molecular complexity index is 494. The fraction of sp³-hybridized carbons (Fsp3) is 0.222. The van der Waals surface area contributed by atoms with E-state index in [1.165, 1.54) is 16.7 Å². The van der Waals surface area contributed by atoms with Gasteiger partial charge in [-0.2, -0.15) is 0 Å². The van der Waals surface area contributed by atoms with Gasteiger partial charge in [0.15, 0.2) is 0 Å². The first-order valence-electron chi connectivity index (χ1n) is 6.57. The lowest BCUT2D eigenvalue weighted by Crippen LogP contribution is -1.95. The molecule has 0 amide bonds. The summed E-state index contributed by atoms with van der Waals surface area (Å²) in [6, 6.07) is 21.4. The van der Waals surface area contributed by atoms with E-state index in [9.17, 15) is 0 Å². The number of rotatable bonds is 4. The second kappa shape index (κ2) is 6.20. The summed E-state index contributed by atoms with van der Waals surface area (Å²) < 4.78 is 0. The fourth-order valence-corrected chi connectivity index (χ4v) is 2.28. The summed E-state index contributed by atoms with van der Waals surface area (Å²) in [5.74, 6) is 0.553. The highest BCUT2D eigenvalue weighted by molar-refractivity contribution is 5.65. The Morgan fingerprint density at radius 1 is 0.944 bits per heavy atom. The van der Waals surface area contributed by atoms with Crippen molar-refractivity contribution in [3.05, 3.63) is 77.9 Å². The van der Waals surface area contributed by atoms with Gasteiger partial charge in [0, 0.05) is 0 Å². The molecule has 0 heterocycles. The lowest BCUT2D eigenvalue weighted by molar-refractivity contribution is 0.791. The van der Waals surface area contributed by atoms with Crippen molar-refractivity contribution < 1.29 is 0 Å². The van der Waals surface area contributed by atoms with Crippen molar-refractivity contribution in [1.82, 2.24) is 0 Å². The molecule has 2 aromatic carbocycles. The second-order valence-corrected chi connectivity index (χ2v) is 4.70. The molecule has 0 aromatic heterocycles. The van der Waals surface area contributed by atoms with E-state index in [4.69, 9.17) is 0 Å². The number of benzene rings is 2. The molecule has 1 unspecified atom stereocenters. The summed E-state index contributed by atoms with van der Waals surface area (Å²) >= 11 is 0. The topological polar surface area (TPSA) is 0 Å². The highest BCUT2D eigenvalue weighted by Gasteiger charge is 2.08. The summed E-state index contributed by atoms with van der Waals surface area (Å²) in [7, 11) is 0. The van der Waals surface area contributed by atoms with Gasteiger partial charge in [0.25, 0.3) is 0 Å². The molecule has 0 bridgehead atoms. The van der Waals surface area contributed by atoms with E-state index in [0.29, 0.717) is 5.92 Å². The third-order valence-corrected chi connectivity index (χ3v) is 3.39. The highest BCUT2D eigenvalue weighted by Crippen LogP contribution is 2.28. The summed E-state index contributed by atoms with van der Waals surface area (Å²) in [6.07, 6.45) is 3.32. The molecule has 0 aliphatic rings. The third-order valence-electron chi connectivity index (χ3n) is 3.39. The number of hydrogen-bond donors (Lipinski definition) is 0. The minimum Gasteiger partial charge on any atom is -0.0838 e. The Morgan fingerprint density at radius 2 is 1.50 bits per heavy atom. The molecule has 0 saturated carbocycles. The van der Waals surface area contributed by atoms with Crippen LogP contribution in [-0.4, -0.2) is 0 Å². The van der Waals surface area contributed by atoms with Gasteiger partial charge in [-0.15, -0.1) is 0 Å². The standard InChI is InChI=1S/C18H20/c1-3-16(18-12-8-5-9-13-18)14-15(2)17-10-6-4-7-11-17/h3-13,15H,14H2,1-2H3. The van der Waals surface area contributed by atoms with E-state index in [1.54, 1.807) is 0 Å². The molecule has 0 nitrogen and oxygen atoms in total. The van der Waals surface area contributed by atoms with Crippen LogP contribution in [0.3, 0.4) is 0 Å². The Morgan fingerprint density at radius 3 is 2.06 bits per heavy atom. The first-order valence-corrected chi connectivity index (χ1v) is 6.57. The highest BCUT2D eigenvalue weighted by atomic mass is 14.1. The van der Waals surface area contributed by atoms with Crippen LogP contribution in [0.15, 0.2) is 66.7 Å². The van der Waals surface area contributed by atoms with E-state index in [-0.39, 0.29) is 0 Å². The van der Waals surface area contributed by atoms with Gasteiger partial charge in [0.1, 0.15) is 0 Å². The lowest BCUT2D eigenvalue weighted by Gasteiger charge is -2.15. The van der Waals surface area contributed by atoms with Gasteiger partial charge in [-0.25, -0.2) is 0 Å². The van der Waals surface area contributed by atoms with Gasteiger partial charge in [0.05, 0.1) is 0 Å². The van der Waals surface area contributed by atoms with Crippen molar-refractivity contribution in [2.45, 2.75) is 26.2 Å². The van der Waals surface area contributed by atoms with Crippen LogP contribution in [0, 0.1) is 0 Å². The predicted octanol–water partition coefficient (Wildman–Crippen LogP) is 5.28. The smallest absolute Gasteiger partial charge is 0.0150 e. The van der Waals surface area contributed by atoms with Crippen LogP contribution in [0.4, 0.5) is 0 Å². The Kier molecular flexibility index (Phi) is 4.35. The average Bonchev–Trinajstić information content (AvgIpc) is 2.46. The van der Waals surface area contributed by atoms with E-state index in [2.05, 4.69) is 80.6 Å². The van der Waals surface area contributed by atoms with Crippen molar-refractivity contribution >= 4 is 5.57 Å². The molecule has 0 aliphatic carbocycles. The Balaban J connectivity index is 2.13. The Labute approximate surface area is 110 Å². The molecule has 18 heavy (non-hydrogen) atoms. The molecule has 2 rings (SSSR count). The molecule has 1 atom stereocenters. The zero-order valence-electron chi connectivity index (χ0n) is 11.1. The first kappa shape index (κ1) is 12.6. The van der Waals surface area contributed by atoms with Gasteiger partial charge in [-0.1, -0.05) is 73.7 Å². The SMILES string of the molecule is CC=C(CC(C)c1ccccc1)c1ccccc1. The van der Waals surface area contributed by atoms with E-state index in [0.717, 1.165) is 6.42 Å². The van der Waals surface area contributed by atoms with E-state index >= 15 is 0 Å². The average molecular weight is 236 g/mol. The predicted molar refractivity (Wildman–Crippen MR) is 79.6 cm³/mol. The van der Waals surface area contributed by atoms with Crippen LogP contribution in [-0.2, 0) is 0 Å². The van der Waals surface area contributed by atoms with Crippen molar-refractivity contribution in [3.8, 4) is 0 Å². The van der Waals surface area contributed by atoms with Crippen molar-refractivity contribution in [3.63, 3.8) is 0 Å². The molecule has 0 fully saturated rings. The van der Waals surface area contributed by atoms with Crippen LogP contribution in [0.2, 0.25) is 0 Å². The zero-order chi connectivity index (χ0) is 12.8. The first-order chi connectivity index (χ1) is 8.81. The largest absolute Gasteiger partial charge is 0.0838 e. The molecular weight excluding hydrogens is 216 g/mol. The molecular formula is C18H20. The number of allylic oxidation sites excluding steroid dienone is 2. The Hall–Kier alpha value is -1.82. The van der Waals surface area contributed by atoms with Gasteiger partial charge in [-0.3, -0.25) is 0 Å². The van der Waals surface area contributed by atoms with Crippen LogP contribution in [0.5, 0.6) is 0 Å². The summed E-state index contributed by atoms with van der Waals surface area (Å²) in [6.45, 7) is 4.42. The van der Waals surface area contributed by atoms with Crippen LogP contribution in [0.25, 0.3) is 5.57 Å². The molecule has 0 spiro atoms. The maximum Gasteiger partial charge on any atom is -0.0150 e. The molecule has 0 aliphatic heterocycles. The van der Waals surface area contributed by atoms with Crippen LogP contribution < -0.4 is 0 Å². The fourth-order valence-electron chi connectivity index (χ4n) is 2.28. The van der Waals surface area contributed by atoms with Gasteiger partial charge < -0.3 is 0 Å². The lowest BCUT2D eigenvalue weighted by atomic mass is 9.90. The molecule has 0 N–H and O–H groups in total. The summed E-state index contributed by atoms with van der Waals surface area (Å²) in [4.78, 5) is 0. The van der Waals surface area contributed by atoms with Crippen LogP contribution >= 0.6 is 0 Å². The number of hydrogen-bond acceptors (Lipinski definition) is 0. The van der Waals surface area contributed by atoms with Crippen LogP contribution in [0.1, 0.15) is 37.3 Å². The van der Waals surface area contributed by atoms with Crippen molar-refractivity contribution in [2.24, 2.45) is 0 Å². The van der Waals surface area contributed by atoms with Gasteiger partial charge >= 0.3 is 0 Å². The molecule has 2 aromatic rings. The maximum absolute atomic E-state index is 2.29. The molecule has 92 valence electrons. The summed E-state index contributed by atoms with van der Waals surface area (Å²) in [5.41, 5.74) is 4.17. The molecule has 0 saturated heterocycles. The van der Waals surface area contributed by atoms with Crippen molar-refractivity contribution in [2.75, 3.05) is 0 Å². The second-order valence-electron chi connectivity index (χ2n) is 4.70. The quantitative estimate of drug-likeness (QED) is 0.677. The minimum atomic E-state index is 0.553. The summed E-state index contributed by atoms with van der Waals surface area (Å²) in [5, 5.41) is 0. The normalized spacial score (nSPS) is 13.3. The van der Waals surface area contributed by atoms with E-state index in [1.807, 2.05) is 0 Å². The zero-order valence-corrected chi connectivity index (χ0v) is 11.1. The maximum atomic E-state index is 2.29. The van der Waals surface area contributed by atoms with Crippen molar-refractivity contribution in [1.29, 1.82) is 0 Å². The van der Waals surface area contributed by atoms with Gasteiger partial charge in [0.2, 0.25) is 0 Å². The van der Waals surface area contributed by atoms with E-state index < -0.39 is 0 Å². The monoisotopic (exact) mass is 236 g/mol.